The van der Waals surface area contributed by atoms with Crippen molar-refractivity contribution >= 4 is 11.9 Å². The molecule has 0 amide bonds. The van der Waals surface area contributed by atoms with Crippen LogP contribution in [0.25, 0.3) is 0 Å². The van der Waals surface area contributed by atoms with Gasteiger partial charge in [-0.25, -0.2) is 0 Å². The van der Waals surface area contributed by atoms with Gasteiger partial charge >= 0.3 is 11.9 Å². The fourth-order valence-corrected chi connectivity index (χ4v) is 9.62. The maximum Gasteiger partial charge on any atom is 0.306 e. The number of carbonyl (C=O) groups excluding carboxylic acids is 2. The normalized spacial score (nSPS) is 12.0. The summed E-state index contributed by atoms with van der Waals surface area (Å²) in [6.45, 7) is 4.21. The van der Waals surface area contributed by atoms with Crippen molar-refractivity contribution < 1.29 is 24.2 Å². The molecule has 0 aliphatic heterocycles. The molecular weight excluding hydrogens is 801 g/mol. The van der Waals surface area contributed by atoms with Gasteiger partial charge in [-0.1, -0.05) is 328 Å². The van der Waals surface area contributed by atoms with Crippen LogP contribution >= 0.6 is 0 Å². The Morgan fingerprint density at radius 1 is 0.292 bits per heavy atom. The standard InChI is InChI=1S/C60H118O5/c1-3-5-7-9-11-13-15-17-19-21-23-24-25-26-27-28-29-30-31-32-33-34-35-36-37-39-41-43-45-47-49-51-53-55-60(63)65-58(56-61)57-64-59(62)54-52-50-48-46-44-42-40-38-22-20-18-16-14-12-10-8-6-4-2/h58,61H,3-57H2,1-2H3. The lowest BCUT2D eigenvalue weighted by Crippen LogP contribution is -2.28. The molecule has 65 heavy (non-hydrogen) atoms. The molecule has 0 spiro atoms. The van der Waals surface area contributed by atoms with E-state index in [2.05, 4.69) is 13.8 Å². The summed E-state index contributed by atoms with van der Waals surface area (Å²) >= 11 is 0. The highest BCUT2D eigenvalue weighted by molar-refractivity contribution is 5.70. The Balaban J connectivity index is 3.36. The second-order valence-electron chi connectivity index (χ2n) is 20.8. The number of aliphatic hydroxyl groups is 1. The van der Waals surface area contributed by atoms with E-state index in [-0.39, 0.29) is 25.2 Å². The molecular formula is C60H118O5. The highest BCUT2D eigenvalue weighted by atomic mass is 16.6. The molecule has 0 saturated heterocycles. The zero-order valence-electron chi connectivity index (χ0n) is 44.5. The molecule has 0 fully saturated rings. The van der Waals surface area contributed by atoms with Crippen LogP contribution in [0.4, 0.5) is 0 Å². The Hall–Kier alpha value is -1.10. The minimum absolute atomic E-state index is 0.0558. The van der Waals surface area contributed by atoms with E-state index >= 15 is 0 Å². The average Bonchev–Trinajstić information content (AvgIpc) is 3.31. The summed E-state index contributed by atoms with van der Waals surface area (Å²) < 4.78 is 10.7. The lowest BCUT2D eigenvalue weighted by molar-refractivity contribution is -0.161. The van der Waals surface area contributed by atoms with Crippen molar-refractivity contribution in [3.8, 4) is 0 Å². The smallest absolute Gasteiger partial charge is 0.306 e. The van der Waals surface area contributed by atoms with Crippen molar-refractivity contribution in [2.45, 2.75) is 360 Å². The zero-order chi connectivity index (χ0) is 47.0. The van der Waals surface area contributed by atoms with E-state index in [1.807, 2.05) is 0 Å². The summed E-state index contributed by atoms with van der Waals surface area (Å²) in [5.74, 6) is -0.563. The average molecular weight is 920 g/mol. The van der Waals surface area contributed by atoms with Gasteiger partial charge in [-0.2, -0.15) is 0 Å². The van der Waals surface area contributed by atoms with Crippen molar-refractivity contribution in [3.05, 3.63) is 0 Å². The van der Waals surface area contributed by atoms with Gasteiger partial charge in [0.05, 0.1) is 6.61 Å². The van der Waals surface area contributed by atoms with Crippen molar-refractivity contribution in [3.63, 3.8) is 0 Å². The fourth-order valence-electron chi connectivity index (χ4n) is 9.62. The van der Waals surface area contributed by atoms with Crippen LogP contribution in [0.2, 0.25) is 0 Å². The fraction of sp³-hybridized carbons (Fsp3) is 0.967. The van der Waals surface area contributed by atoms with Crippen LogP contribution in [0, 0.1) is 0 Å². The van der Waals surface area contributed by atoms with Gasteiger partial charge in [0.2, 0.25) is 0 Å². The van der Waals surface area contributed by atoms with E-state index in [9.17, 15) is 14.7 Å². The van der Waals surface area contributed by atoms with Gasteiger partial charge in [-0.3, -0.25) is 9.59 Å². The Morgan fingerprint density at radius 3 is 0.677 bits per heavy atom. The minimum Gasteiger partial charge on any atom is -0.462 e. The first-order valence-electron chi connectivity index (χ1n) is 30.1. The highest BCUT2D eigenvalue weighted by Crippen LogP contribution is 2.19. The molecule has 0 saturated carbocycles. The lowest BCUT2D eigenvalue weighted by atomic mass is 10.0. The van der Waals surface area contributed by atoms with E-state index in [1.165, 1.54) is 295 Å². The Morgan fingerprint density at radius 2 is 0.477 bits per heavy atom. The monoisotopic (exact) mass is 919 g/mol. The molecule has 1 unspecified atom stereocenters. The van der Waals surface area contributed by atoms with Crippen molar-refractivity contribution in [1.29, 1.82) is 0 Å². The molecule has 0 aromatic carbocycles. The first-order valence-corrected chi connectivity index (χ1v) is 30.1. The van der Waals surface area contributed by atoms with Crippen LogP contribution in [0.5, 0.6) is 0 Å². The van der Waals surface area contributed by atoms with E-state index in [0.717, 1.165) is 32.1 Å². The Kier molecular flexibility index (Phi) is 56.3. The Labute approximate surface area is 408 Å². The van der Waals surface area contributed by atoms with E-state index in [1.54, 1.807) is 0 Å². The summed E-state index contributed by atoms with van der Waals surface area (Å²) in [7, 11) is 0. The number of ether oxygens (including phenoxy) is 2. The van der Waals surface area contributed by atoms with Crippen molar-refractivity contribution in [2.75, 3.05) is 13.2 Å². The number of unbranched alkanes of at least 4 members (excludes halogenated alkanes) is 49. The highest BCUT2D eigenvalue weighted by Gasteiger charge is 2.16. The van der Waals surface area contributed by atoms with E-state index in [4.69, 9.17) is 9.47 Å². The second kappa shape index (κ2) is 57.2. The molecule has 1 atom stereocenters. The maximum atomic E-state index is 12.3. The van der Waals surface area contributed by atoms with Crippen LogP contribution in [0.3, 0.4) is 0 Å². The van der Waals surface area contributed by atoms with Crippen LogP contribution in [-0.4, -0.2) is 36.4 Å². The topological polar surface area (TPSA) is 72.8 Å². The van der Waals surface area contributed by atoms with Crippen LogP contribution < -0.4 is 0 Å². The molecule has 0 aromatic rings. The van der Waals surface area contributed by atoms with Gasteiger partial charge in [0.15, 0.2) is 6.10 Å². The van der Waals surface area contributed by atoms with Crippen LogP contribution in [0.15, 0.2) is 0 Å². The third-order valence-electron chi connectivity index (χ3n) is 14.2. The molecule has 0 aliphatic carbocycles. The van der Waals surface area contributed by atoms with Crippen molar-refractivity contribution in [2.24, 2.45) is 0 Å². The van der Waals surface area contributed by atoms with E-state index < -0.39 is 6.10 Å². The number of hydrogen-bond acceptors (Lipinski definition) is 5. The molecule has 0 radical (unpaired) electrons. The molecule has 0 heterocycles. The number of hydrogen-bond donors (Lipinski definition) is 1. The molecule has 0 bridgehead atoms. The van der Waals surface area contributed by atoms with Gasteiger partial charge in [0, 0.05) is 12.8 Å². The first kappa shape index (κ1) is 63.9. The van der Waals surface area contributed by atoms with Gasteiger partial charge < -0.3 is 14.6 Å². The summed E-state index contributed by atoms with van der Waals surface area (Å²) in [6.07, 6.45) is 69.6. The van der Waals surface area contributed by atoms with Gasteiger partial charge in [-0.05, 0) is 12.8 Å². The lowest BCUT2D eigenvalue weighted by Gasteiger charge is -2.15. The summed E-state index contributed by atoms with van der Waals surface area (Å²) in [4.78, 5) is 24.5. The minimum atomic E-state index is -0.764. The van der Waals surface area contributed by atoms with E-state index in [0.29, 0.717) is 12.8 Å². The molecule has 0 aromatic heterocycles. The van der Waals surface area contributed by atoms with Crippen LogP contribution in [0.1, 0.15) is 354 Å². The molecule has 5 heteroatoms. The van der Waals surface area contributed by atoms with Gasteiger partial charge in [-0.15, -0.1) is 0 Å². The molecule has 1 N–H and O–H groups in total. The zero-order valence-corrected chi connectivity index (χ0v) is 44.5. The predicted octanol–water partition coefficient (Wildman–Crippen LogP) is 20.1. The Bertz CT molecular complexity index is 906. The van der Waals surface area contributed by atoms with Crippen molar-refractivity contribution in [1.82, 2.24) is 0 Å². The number of carbonyl (C=O) groups is 2. The molecule has 0 aliphatic rings. The predicted molar refractivity (Wildman–Crippen MR) is 284 cm³/mol. The molecule has 388 valence electrons. The van der Waals surface area contributed by atoms with Gasteiger partial charge in [0.25, 0.3) is 0 Å². The maximum absolute atomic E-state index is 12.3. The number of rotatable bonds is 57. The SMILES string of the molecule is CCCCCCCCCCCCCCCCCCCCCCCCCCCCCCCCCCCC(=O)OC(CO)COC(=O)CCCCCCCCCCCCCCCCCCCC. The summed E-state index contributed by atoms with van der Waals surface area (Å²) in [5, 5.41) is 9.65. The first-order chi connectivity index (χ1) is 32.1. The van der Waals surface area contributed by atoms with Crippen LogP contribution in [-0.2, 0) is 19.1 Å². The number of aliphatic hydroxyl groups excluding tert-OH is 1. The largest absolute Gasteiger partial charge is 0.462 e. The number of esters is 2. The third kappa shape index (κ3) is 55.4. The van der Waals surface area contributed by atoms with Gasteiger partial charge in [0.1, 0.15) is 6.61 Å². The quantitative estimate of drug-likeness (QED) is 0.0486. The third-order valence-corrected chi connectivity index (χ3v) is 14.2. The summed E-state index contributed by atoms with van der Waals surface area (Å²) in [6, 6.07) is 0. The second-order valence-corrected chi connectivity index (χ2v) is 20.8. The molecule has 0 rings (SSSR count). The molecule has 5 nitrogen and oxygen atoms in total. The summed E-state index contributed by atoms with van der Waals surface area (Å²) in [5.41, 5.74) is 0.